The Morgan fingerprint density at radius 1 is 1.17 bits per heavy atom. The lowest BCUT2D eigenvalue weighted by molar-refractivity contribution is -0.121. The third kappa shape index (κ3) is 6.42. The number of carbonyl (C=O) groups is 1. The number of hydrogen-bond donors (Lipinski definition) is 2. The molecule has 0 bridgehead atoms. The summed E-state index contributed by atoms with van der Waals surface area (Å²) in [6.07, 6.45) is 6.81. The van der Waals surface area contributed by atoms with Crippen molar-refractivity contribution in [3.05, 3.63) is 0 Å². The molecule has 1 atom stereocenters. The van der Waals surface area contributed by atoms with Gasteiger partial charge in [-0.3, -0.25) is 9.69 Å². The standard InChI is InChI=1S/C19H37N3O/c1-15(2)18(22-12-8-16(3)9-13-22)14-21-19(23)5-4-17-6-10-20-11-7-17/h15-18,20H,4-14H2,1-3H3,(H,21,23). The molecule has 0 spiro atoms. The molecular weight excluding hydrogens is 286 g/mol. The maximum atomic E-state index is 12.2. The molecule has 2 saturated heterocycles. The summed E-state index contributed by atoms with van der Waals surface area (Å²) in [6, 6.07) is 0.491. The largest absolute Gasteiger partial charge is 0.355 e. The average Bonchev–Trinajstić information content (AvgIpc) is 2.55. The highest BCUT2D eigenvalue weighted by Crippen LogP contribution is 2.21. The van der Waals surface area contributed by atoms with Crippen molar-refractivity contribution < 1.29 is 4.79 Å². The first-order valence-corrected chi connectivity index (χ1v) is 9.77. The van der Waals surface area contributed by atoms with Gasteiger partial charge in [-0.05, 0) is 76.0 Å². The number of likely N-dealkylation sites (tertiary alicyclic amines) is 1. The predicted octanol–water partition coefficient (Wildman–Crippen LogP) is 2.64. The summed E-state index contributed by atoms with van der Waals surface area (Å²) in [4.78, 5) is 14.8. The van der Waals surface area contributed by atoms with Gasteiger partial charge in [0, 0.05) is 19.0 Å². The third-order valence-corrected chi connectivity index (χ3v) is 5.80. The molecule has 2 heterocycles. The Labute approximate surface area is 142 Å². The number of carbonyl (C=O) groups excluding carboxylic acids is 1. The summed E-state index contributed by atoms with van der Waals surface area (Å²) in [5, 5.41) is 6.60. The molecule has 0 aromatic carbocycles. The van der Waals surface area contributed by atoms with Crippen molar-refractivity contribution in [2.24, 2.45) is 17.8 Å². The van der Waals surface area contributed by atoms with E-state index in [4.69, 9.17) is 0 Å². The van der Waals surface area contributed by atoms with Gasteiger partial charge in [-0.25, -0.2) is 0 Å². The molecule has 134 valence electrons. The minimum absolute atomic E-state index is 0.250. The first-order chi connectivity index (χ1) is 11.1. The van der Waals surface area contributed by atoms with Crippen LogP contribution in [0.5, 0.6) is 0 Å². The van der Waals surface area contributed by atoms with Crippen LogP contribution in [0.4, 0.5) is 0 Å². The molecule has 1 amide bonds. The van der Waals surface area contributed by atoms with E-state index >= 15 is 0 Å². The molecule has 0 radical (unpaired) electrons. The fourth-order valence-electron chi connectivity index (χ4n) is 3.96. The topological polar surface area (TPSA) is 44.4 Å². The van der Waals surface area contributed by atoms with E-state index in [0.29, 0.717) is 18.4 Å². The summed E-state index contributed by atoms with van der Waals surface area (Å²) < 4.78 is 0. The number of hydrogen-bond acceptors (Lipinski definition) is 3. The van der Waals surface area contributed by atoms with E-state index in [-0.39, 0.29) is 5.91 Å². The number of rotatable bonds is 7. The molecule has 2 N–H and O–H groups in total. The third-order valence-electron chi connectivity index (χ3n) is 5.80. The lowest BCUT2D eigenvalue weighted by Crippen LogP contribution is -2.49. The Bertz CT molecular complexity index is 345. The van der Waals surface area contributed by atoms with Crippen LogP contribution in [0, 0.1) is 17.8 Å². The molecule has 0 aromatic heterocycles. The van der Waals surface area contributed by atoms with E-state index in [1.54, 1.807) is 0 Å². The summed E-state index contributed by atoms with van der Waals surface area (Å²) in [7, 11) is 0. The molecule has 0 aromatic rings. The highest BCUT2D eigenvalue weighted by molar-refractivity contribution is 5.75. The highest BCUT2D eigenvalue weighted by Gasteiger charge is 2.26. The van der Waals surface area contributed by atoms with Gasteiger partial charge in [0.05, 0.1) is 0 Å². The number of nitrogens with one attached hydrogen (secondary N) is 2. The van der Waals surface area contributed by atoms with Crippen molar-refractivity contribution in [2.45, 2.75) is 65.3 Å². The molecule has 2 aliphatic rings. The van der Waals surface area contributed by atoms with E-state index in [1.807, 2.05) is 0 Å². The molecule has 0 saturated carbocycles. The van der Waals surface area contributed by atoms with Crippen molar-refractivity contribution in [3.8, 4) is 0 Å². The van der Waals surface area contributed by atoms with Crippen molar-refractivity contribution in [1.29, 1.82) is 0 Å². The van der Waals surface area contributed by atoms with E-state index in [0.717, 1.165) is 37.9 Å². The first kappa shape index (κ1) is 18.7. The van der Waals surface area contributed by atoms with Gasteiger partial charge in [0.1, 0.15) is 0 Å². The van der Waals surface area contributed by atoms with Gasteiger partial charge in [-0.1, -0.05) is 20.8 Å². The van der Waals surface area contributed by atoms with Crippen LogP contribution in [-0.2, 0) is 4.79 Å². The Balaban J connectivity index is 1.69. The van der Waals surface area contributed by atoms with E-state index in [1.165, 1.54) is 38.8 Å². The second-order valence-electron chi connectivity index (χ2n) is 8.07. The second-order valence-corrected chi connectivity index (χ2v) is 8.07. The monoisotopic (exact) mass is 323 g/mol. The molecule has 2 rings (SSSR count). The van der Waals surface area contributed by atoms with Gasteiger partial charge in [-0.15, -0.1) is 0 Å². The SMILES string of the molecule is CC1CCN(C(CNC(=O)CCC2CCNCC2)C(C)C)CC1. The maximum Gasteiger partial charge on any atom is 0.220 e. The van der Waals surface area contributed by atoms with Crippen molar-refractivity contribution in [3.63, 3.8) is 0 Å². The van der Waals surface area contributed by atoms with Gasteiger partial charge >= 0.3 is 0 Å². The smallest absolute Gasteiger partial charge is 0.220 e. The van der Waals surface area contributed by atoms with Crippen molar-refractivity contribution in [2.75, 3.05) is 32.7 Å². The summed E-state index contributed by atoms with van der Waals surface area (Å²) in [6.45, 7) is 12.4. The molecule has 23 heavy (non-hydrogen) atoms. The number of nitrogens with zero attached hydrogens (tertiary/aromatic N) is 1. The van der Waals surface area contributed by atoms with Gasteiger partial charge in [0.25, 0.3) is 0 Å². The highest BCUT2D eigenvalue weighted by atomic mass is 16.1. The van der Waals surface area contributed by atoms with Gasteiger partial charge in [-0.2, -0.15) is 0 Å². The predicted molar refractivity (Wildman–Crippen MR) is 96.4 cm³/mol. The molecule has 1 unspecified atom stereocenters. The number of piperidine rings is 2. The molecule has 4 heteroatoms. The second kappa shape index (κ2) is 9.63. The van der Waals surface area contributed by atoms with E-state index < -0.39 is 0 Å². The fourth-order valence-corrected chi connectivity index (χ4v) is 3.96. The molecule has 4 nitrogen and oxygen atoms in total. The van der Waals surface area contributed by atoms with Gasteiger partial charge in [0.15, 0.2) is 0 Å². The van der Waals surface area contributed by atoms with E-state index in [2.05, 4.69) is 36.3 Å². The van der Waals surface area contributed by atoms with Crippen LogP contribution in [0.2, 0.25) is 0 Å². The van der Waals surface area contributed by atoms with Crippen molar-refractivity contribution in [1.82, 2.24) is 15.5 Å². The Kier molecular flexibility index (Phi) is 7.84. The van der Waals surface area contributed by atoms with Gasteiger partial charge < -0.3 is 10.6 Å². The molecule has 0 aliphatic carbocycles. The van der Waals surface area contributed by atoms with Crippen LogP contribution in [0.1, 0.15) is 59.3 Å². The minimum Gasteiger partial charge on any atom is -0.355 e. The minimum atomic E-state index is 0.250. The normalized spacial score (nSPS) is 23.1. The average molecular weight is 324 g/mol. The Morgan fingerprint density at radius 3 is 2.43 bits per heavy atom. The zero-order valence-electron chi connectivity index (χ0n) is 15.4. The molecule has 2 fully saturated rings. The van der Waals surface area contributed by atoms with Crippen LogP contribution >= 0.6 is 0 Å². The summed E-state index contributed by atoms with van der Waals surface area (Å²) in [5.41, 5.74) is 0. The van der Waals surface area contributed by atoms with Crippen LogP contribution in [0.25, 0.3) is 0 Å². The Hall–Kier alpha value is -0.610. The van der Waals surface area contributed by atoms with Crippen molar-refractivity contribution >= 4 is 5.91 Å². The lowest BCUT2D eigenvalue weighted by atomic mass is 9.93. The first-order valence-electron chi connectivity index (χ1n) is 9.77. The maximum absolute atomic E-state index is 12.2. The quantitative estimate of drug-likeness (QED) is 0.757. The zero-order valence-corrected chi connectivity index (χ0v) is 15.4. The fraction of sp³-hybridized carbons (Fsp3) is 0.947. The van der Waals surface area contributed by atoms with Crippen LogP contribution in [0.15, 0.2) is 0 Å². The zero-order chi connectivity index (χ0) is 16.7. The van der Waals surface area contributed by atoms with Crippen LogP contribution < -0.4 is 10.6 Å². The lowest BCUT2D eigenvalue weighted by Gasteiger charge is -2.39. The van der Waals surface area contributed by atoms with Crippen LogP contribution in [0.3, 0.4) is 0 Å². The Morgan fingerprint density at radius 2 is 1.83 bits per heavy atom. The van der Waals surface area contributed by atoms with Crippen LogP contribution in [-0.4, -0.2) is 49.6 Å². The summed E-state index contributed by atoms with van der Waals surface area (Å²) in [5.74, 6) is 2.44. The number of amides is 1. The molecular formula is C19H37N3O. The van der Waals surface area contributed by atoms with Gasteiger partial charge in [0.2, 0.25) is 5.91 Å². The molecule has 2 aliphatic heterocycles. The summed E-state index contributed by atoms with van der Waals surface area (Å²) >= 11 is 0. The van der Waals surface area contributed by atoms with E-state index in [9.17, 15) is 4.79 Å².